The monoisotopic (exact) mass is 361 g/mol. The van der Waals surface area contributed by atoms with Gasteiger partial charge in [0.1, 0.15) is 11.6 Å². The number of hydrogen-bond donors (Lipinski definition) is 0. The van der Waals surface area contributed by atoms with Crippen molar-refractivity contribution in [3.8, 4) is 5.75 Å². The Labute approximate surface area is 154 Å². The zero-order chi connectivity index (χ0) is 17.9. The van der Waals surface area contributed by atoms with Gasteiger partial charge in [-0.1, -0.05) is 6.42 Å². The maximum absolute atomic E-state index is 13.2. The van der Waals surface area contributed by atoms with Crippen molar-refractivity contribution in [2.24, 2.45) is 5.92 Å². The summed E-state index contributed by atoms with van der Waals surface area (Å²) in [5.74, 6) is 0.541. The van der Waals surface area contributed by atoms with E-state index in [4.69, 9.17) is 4.74 Å². The van der Waals surface area contributed by atoms with Crippen LogP contribution in [0.3, 0.4) is 0 Å². The predicted molar refractivity (Wildman–Crippen MR) is 96.4 cm³/mol. The van der Waals surface area contributed by atoms with Gasteiger partial charge in [0.2, 0.25) is 5.91 Å². The van der Waals surface area contributed by atoms with Crippen molar-refractivity contribution in [2.75, 3.05) is 26.2 Å². The summed E-state index contributed by atoms with van der Waals surface area (Å²) in [6, 6.07) is 2.14. The Morgan fingerprint density at radius 2 is 1.77 bits per heavy atom. The SMILES string of the molecule is O=C([C@H]1CC[C@H](Oc2cncc(F)c2)CC1)N1CCN(C2CCC2)CC1. The largest absolute Gasteiger partial charge is 0.489 e. The van der Waals surface area contributed by atoms with Gasteiger partial charge in [-0.3, -0.25) is 14.7 Å². The summed E-state index contributed by atoms with van der Waals surface area (Å²) in [5.41, 5.74) is 0. The van der Waals surface area contributed by atoms with Crippen LogP contribution in [0.1, 0.15) is 44.9 Å². The van der Waals surface area contributed by atoms with Crippen molar-refractivity contribution >= 4 is 5.91 Å². The van der Waals surface area contributed by atoms with Crippen molar-refractivity contribution in [2.45, 2.75) is 57.1 Å². The fraction of sp³-hybridized carbons (Fsp3) is 0.700. The molecule has 3 aliphatic rings. The molecule has 0 unspecified atom stereocenters. The third-order valence-corrected chi connectivity index (χ3v) is 6.22. The molecule has 4 rings (SSSR count). The molecule has 1 aromatic heterocycles. The Kier molecular flexibility index (Phi) is 5.38. The molecule has 2 aliphatic carbocycles. The lowest BCUT2D eigenvalue weighted by molar-refractivity contribution is -0.139. The molecule has 0 radical (unpaired) electrons. The Morgan fingerprint density at radius 3 is 2.38 bits per heavy atom. The van der Waals surface area contributed by atoms with Crippen LogP contribution in [0.5, 0.6) is 5.75 Å². The number of halogens is 1. The van der Waals surface area contributed by atoms with Gasteiger partial charge in [-0.25, -0.2) is 4.39 Å². The minimum atomic E-state index is -0.382. The molecule has 1 aromatic rings. The quantitative estimate of drug-likeness (QED) is 0.827. The van der Waals surface area contributed by atoms with Crippen LogP contribution in [0, 0.1) is 11.7 Å². The highest BCUT2D eigenvalue weighted by atomic mass is 19.1. The molecular formula is C20H28FN3O2. The molecule has 2 heterocycles. The number of pyridine rings is 1. The first-order valence-electron chi connectivity index (χ1n) is 9.99. The van der Waals surface area contributed by atoms with Crippen molar-refractivity contribution in [3.05, 3.63) is 24.3 Å². The van der Waals surface area contributed by atoms with Crippen molar-refractivity contribution in [1.82, 2.24) is 14.8 Å². The molecule has 0 spiro atoms. The van der Waals surface area contributed by atoms with Crippen molar-refractivity contribution < 1.29 is 13.9 Å². The van der Waals surface area contributed by atoms with Crippen LogP contribution < -0.4 is 4.74 Å². The van der Waals surface area contributed by atoms with Gasteiger partial charge in [-0.2, -0.15) is 0 Å². The van der Waals surface area contributed by atoms with Gasteiger partial charge in [0.05, 0.1) is 18.5 Å². The van der Waals surface area contributed by atoms with E-state index in [1.165, 1.54) is 31.5 Å². The molecule has 1 aliphatic heterocycles. The fourth-order valence-corrected chi connectivity index (χ4v) is 4.39. The number of aromatic nitrogens is 1. The molecule has 26 heavy (non-hydrogen) atoms. The molecule has 1 saturated heterocycles. The van der Waals surface area contributed by atoms with Crippen molar-refractivity contribution in [3.63, 3.8) is 0 Å². The molecule has 3 fully saturated rings. The number of carbonyl (C=O) groups is 1. The lowest BCUT2D eigenvalue weighted by Crippen LogP contribution is -2.54. The molecule has 2 saturated carbocycles. The molecule has 5 nitrogen and oxygen atoms in total. The molecular weight excluding hydrogens is 333 g/mol. The van der Waals surface area contributed by atoms with Crippen LogP contribution in [0.4, 0.5) is 4.39 Å². The molecule has 142 valence electrons. The van der Waals surface area contributed by atoms with E-state index >= 15 is 0 Å². The van der Waals surface area contributed by atoms with Gasteiger partial charge >= 0.3 is 0 Å². The van der Waals surface area contributed by atoms with Crippen LogP contribution in [-0.2, 0) is 4.79 Å². The van der Waals surface area contributed by atoms with E-state index < -0.39 is 0 Å². The first-order valence-corrected chi connectivity index (χ1v) is 9.99. The second-order valence-electron chi connectivity index (χ2n) is 7.88. The number of carbonyl (C=O) groups excluding carboxylic acids is 1. The number of rotatable bonds is 4. The van der Waals surface area contributed by atoms with Gasteiger partial charge in [0.25, 0.3) is 0 Å². The Balaban J connectivity index is 1.22. The van der Waals surface area contributed by atoms with E-state index in [0.717, 1.165) is 57.9 Å². The van der Waals surface area contributed by atoms with E-state index in [0.29, 0.717) is 11.7 Å². The number of hydrogen-bond acceptors (Lipinski definition) is 4. The van der Waals surface area contributed by atoms with Crippen LogP contribution >= 0.6 is 0 Å². The normalized spacial score (nSPS) is 27.8. The van der Waals surface area contributed by atoms with Gasteiger partial charge in [-0.15, -0.1) is 0 Å². The lowest BCUT2D eigenvalue weighted by Gasteiger charge is -2.43. The standard InChI is InChI=1S/C20H28FN3O2/c21-16-12-19(14-22-13-16)26-18-6-4-15(5-7-18)20(25)24-10-8-23(9-11-24)17-2-1-3-17/h12-15,17-18H,1-11H2/t15-,18-. The molecule has 0 aromatic carbocycles. The Morgan fingerprint density at radius 1 is 1.04 bits per heavy atom. The zero-order valence-corrected chi connectivity index (χ0v) is 15.3. The van der Waals surface area contributed by atoms with Gasteiger partial charge in [-0.05, 0) is 38.5 Å². The molecule has 0 atom stereocenters. The average Bonchev–Trinajstić information content (AvgIpc) is 2.61. The summed E-state index contributed by atoms with van der Waals surface area (Å²) in [4.78, 5) is 21.3. The highest BCUT2D eigenvalue weighted by Gasteiger charge is 2.33. The summed E-state index contributed by atoms with van der Waals surface area (Å²) < 4.78 is 19.0. The second-order valence-corrected chi connectivity index (χ2v) is 7.88. The van der Waals surface area contributed by atoms with Crippen LogP contribution in [0.2, 0.25) is 0 Å². The van der Waals surface area contributed by atoms with E-state index in [1.807, 2.05) is 0 Å². The third kappa shape index (κ3) is 4.00. The second kappa shape index (κ2) is 7.91. The summed E-state index contributed by atoms with van der Waals surface area (Å²) in [6.45, 7) is 3.81. The first kappa shape index (κ1) is 17.7. The van der Waals surface area contributed by atoms with Crippen LogP contribution in [-0.4, -0.2) is 59.0 Å². The minimum absolute atomic E-state index is 0.0538. The smallest absolute Gasteiger partial charge is 0.225 e. The molecule has 0 N–H and O–H groups in total. The lowest BCUT2D eigenvalue weighted by atomic mass is 9.86. The predicted octanol–water partition coefficient (Wildman–Crippen LogP) is 2.86. The highest BCUT2D eigenvalue weighted by Crippen LogP contribution is 2.30. The summed E-state index contributed by atoms with van der Waals surface area (Å²) in [7, 11) is 0. The number of piperazine rings is 1. The van der Waals surface area contributed by atoms with Crippen LogP contribution in [0.15, 0.2) is 18.5 Å². The molecule has 1 amide bonds. The zero-order valence-electron chi connectivity index (χ0n) is 15.3. The maximum Gasteiger partial charge on any atom is 0.225 e. The van der Waals surface area contributed by atoms with E-state index in [2.05, 4.69) is 14.8 Å². The summed E-state index contributed by atoms with van der Waals surface area (Å²) >= 11 is 0. The average molecular weight is 361 g/mol. The Bertz CT molecular complexity index is 621. The minimum Gasteiger partial charge on any atom is -0.489 e. The number of nitrogens with zero attached hydrogens (tertiary/aromatic N) is 3. The first-order chi connectivity index (χ1) is 12.7. The maximum atomic E-state index is 13.2. The topological polar surface area (TPSA) is 45.7 Å². The van der Waals surface area contributed by atoms with Crippen LogP contribution in [0.25, 0.3) is 0 Å². The molecule has 0 bridgehead atoms. The third-order valence-electron chi connectivity index (χ3n) is 6.22. The van der Waals surface area contributed by atoms with Gasteiger partial charge < -0.3 is 9.64 Å². The number of amides is 1. The van der Waals surface area contributed by atoms with E-state index in [-0.39, 0.29) is 17.8 Å². The van der Waals surface area contributed by atoms with E-state index in [1.54, 1.807) is 6.20 Å². The van der Waals surface area contributed by atoms with Crippen molar-refractivity contribution in [1.29, 1.82) is 0 Å². The number of ether oxygens (including phenoxy) is 1. The summed E-state index contributed by atoms with van der Waals surface area (Å²) in [5, 5.41) is 0. The van der Waals surface area contributed by atoms with E-state index in [9.17, 15) is 9.18 Å². The Hall–Kier alpha value is -1.69. The van der Waals surface area contributed by atoms with Gasteiger partial charge in [0.15, 0.2) is 0 Å². The van der Waals surface area contributed by atoms with Gasteiger partial charge in [0, 0.05) is 44.2 Å². The summed E-state index contributed by atoms with van der Waals surface area (Å²) in [6.07, 6.45) is 10.2. The fourth-order valence-electron chi connectivity index (χ4n) is 4.39. The highest BCUT2D eigenvalue weighted by molar-refractivity contribution is 5.79. The molecule has 6 heteroatoms.